The molecule has 1 amide bonds. The van der Waals surface area contributed by atoms with Gasteiger partial charge in [0.25, 0.3) is 5.91 Å². The number of carbonyl (C=O) groups is 1. The highest BCUT2D eigenvalue weighted by atomic mass is 16.5. The lowest BCUT2D eigenvalue weighted by atomic mass is 10.2. The summed E-state index contributed by atoms with van der Waals surface area (Å²) < 4.78 is 4.86. The number of anilines is 2. The molecule has 0 fully saturated rings. The molecule has 0 saturated heterocycles. The smallest absolute Gasteiger partial charge is 0.263 e. The van der Waals surface area contributed by atoms with Crippen LogP contribution >= 0.6 is 0 Å². The summed E-state index contributed by atoms with van der Waals surface area (Å²) >= 11 is 0. The van der Waals surface area contributed by atoms with Crippen molar-refractivity contribution >= 4 is 17.3 Å². The lowest BCUT2D eigenvalue weighted by Gasteiger charge is -2.17. The zero-order valence-electron chi connectivity index (χ0n) is 9.54. The van der Waals surface area contributed by atoms with Crippen molar-refractivity contribution in [2.75, 3.05) is 17.7 Å². The van der Waals surface area contributed by atoms with E-state index in [0.29, 0.717) is 22.7 Å². The van der Waals surface area contributed by atoms with E-state index < -0.39 is 0 Å². The number of carbonyl (C=O) groups excluding carboxylic acids is 1. The third-order valence-corrected chi connectivity index (χ3v) is 2.47. The third-order valence-electron chi connectivity index (χ3n) is 2.47. The molecule has 6 nitrogen and oxygen atoms in total. The molecule has 2 rings (SSSR count). The van der Waals surface area contributed by atoms with E-state index in [1.54, 1.807) is 26.2 Å². The third kappa shape index (κ3) is 1.96. The maximum absolute atomic E-state index is 12.1. The Kier molecular flexibility index (Phi) is 2.78. The fraction of sp³-hybridized carbons (Fsp3) is 0.182. The fourth-order valence-corrected chi connectivity index (χ4v) is 1.50. The molecule has 6 heteroatoms. The van der Waals surface area contributed by atoms with Gasteiger partial charge >= 0.3 is 0 Å². The number of pyridine rings is 1. The molecule has 0 aliphatic rings. The zero-order chi connectivity index (χ0) is 12.4. The molecule has 2 aromatic rings. The highest BCUT2D eigenvalue weighted by molar-refractivity contribution is 6.07. The summed E-state index contributed by atoms with van der Waals surface area (Å²) in [6.45, 7) is 1.68. The molecule has 0 atom stereocenters. The Labute approximate surface area is 98.0 Å². The van der Waals surface area contributed by atoms with Crippen LogP contribution in [0.4, 0.5) is 11.4 Å². The van der Waals surface area contributed by atoms with E-state index in [9.17, 15) is 4.79 Å². The van der Waals surface area contributed by atoms with Crippen molar-refractivity contribution in [2.45, 2.75) is 6.92 Å². The number of nitrogens with zero attached hydrogens (tertiary/aromatic N) is 3. The lowest BCUT2D eigenvalue weighted by molar-refractivity contribution is 0.0991. The highest BCUT2D eigenvalue weighted by Gasteiger charge is 2.19. The van der Waals surface area contributed by atoms with Crippen LogP contribution in [0.2, 0.25) is 0 Å². The Balaban J connectivity index is 2.33. The maximum Gasteiger partial charge on any atom is 0.263 e. The molecule has 17 heavy (non-hydrogen) atoms. The molecule has 0 aromatic carbocycles. The Morgan fingerprint density at radius 2 is 2.24 bits per heavy atom. The SMILES string of the molecule is Cc1oncc1C(=O)N(C)c1ccncc1N. The molecule has 0 saturated carbocycles. The Morgan fingerprint density at radius 1 is 1.47 bits per heavy atom. The van der Waals surface area contributed by atoms with E-state index >= 15 is 0 Å². The lowest BCUT2D eigenvalue weighted by Crippen LogP contribution is -2.27. The second kappa shape index (κ2) is 4.25. The van der Waals surface area contributed by atoms with Gasteiger partial charge in [0.1, 0.15) is 11.3 Å². The van der Waals surface area contributed by atoms with Gasteiger partial charge in [-0.2, -0.15) is 0 Å². The van der Waals surface area contributed by atoms with Gasteiger partial charge in [-0.25, -0.2) is 0 Å². The summed E-state index contributed by atoms with van der Waals surface area (Å²) in [7, 11) is 1.64. The first kappa shape index (κ1) is 11.1. The van der Waals surface area contributed by atoms with E-state index in [2.05, 4.69) is 10.1 Å². The van der Waals surface area contributed by atoms with Crippen molar-refractivity contribution < 1.29 is 9.32 Å². The quantitative estimate of drug-likeness (QED) is 0.841. The van der Waals surface area contributed by atoms with Crippen LogP contribution in [0.1, 0.15) is 16.1 Å². The van der Waals surface area contributed by atoms with Gasteiger partial charge in [0, 0.05) is 13.2 Å². The van der Waals surface area contributed by atoms with Crippen molar-refractivity contribution in [3.8, 4) is 0 Å². The van der Waals surface area contributed by atoms with Gasteiger partial charge in [-0.15, -0.1) is 0 Å². The minimum Gasteiger partial charge on any atom is -0.396 e. The van der Waals surface area contributed by atoms with Crippen LogP contribution in [0.15, 0.2) is 29.2 Å². The largest absolute Gasteiger partial charge is 0.396 e. The van der Waals surface area contributed by atoms with Gasteiger partial charge in [0.05, 0.1) is 23.8 Å². The molecule has 0 bridgehead atoms. The first-order valence-electron chi connectivity index (χ1n) is 5.00. The minimum absolute atomic E-state index is 0.221. The second-order valence-electron chi connectivity index (χ2n) is 3.59. The van der Waals surface area contributed by atoms with Crippen LogP contribution < -0.4 is 10.6 Å². The monoisotopic (exact) mass is 232 g/mol. The summed E-state index contributed by atoms with van der Waals surface area (Å²) in [5.41, 5.74) is 7.22. The van der Waals surface area contributed by atoms with Crippen molar-refractivity contribution in [3.63, 3.8) is 0 Å². The van der Waals surface area contributed by atoms with Crippen LogP contribution in [-0.2, 0) is 0 Å². The van der Waals surface area contributed by atoms with Gasteiger partial charge in [-0.05, 0) is 13.0 Å². The molecular formula is C11H12N4O2. The molecule has 2 heterocycles. The second-order valence-corrected chi connectivity index (χ2v) is 3.59. The molecule has 0 spiro atoms. The predicted octanol–water partition coefficient (Wildman–Crippen LogP) is 1.24. The molecule has 0 aliphatic carbocycles. The normalized spacial score (nSPS) is 10.2. The van der Waals surface area contributed by atoms with Crippen molar-refractivity contribution in [1.82, 2.24) is 10.1 Å². The van der Waals surface area contributed by atoms with E-state index in [1.807, 2.05) is 0 Å². The number of rotatable bonds is 2. The summed E-state index contributed by atoms with van der Waals surface area (Å²) in [5, 5.41) is 3.58. The van der Waals surface area contributed by atoms with Crippen LogP contribution in [-0.4, -0.2) is 23.1 Å². The van der Waals surface area contributed by atoms with E-state index in [0.717, 1.165) is 0 Å². The molecule has 2 aromatic heterocycles. The number of amides is 1. The fourth-order valence-electron chi connectivity index (χ4n) is 1.50. The highest BCUT2D eigenvalue weighted by Crippen LogP contribution is 2.22. The van der Waals surface area contributed by atoms with E-state index in [1.165, 1.54) is 17.3 Å². The topological polar surface area (TPSA) is 85.2 Å². The molecule has 0 aliphatic heterocycles. The van der Waals surface area contributed by atoms with Crippen LogP contribution in [0.25, 0.3) is 0 Å². The Morgan fingerprint density at radius 3 is 2.82 bits per heavy atom. The summed E-state index contributed by atoms with van der Waals surface area (Å²) in [6.07, 6.45) is 4.47. The average molecular weight is 232 g/mol. The minimum atomic E-state index is -0.221. The standard InChI is InChI=1S/C11H12N4O2/c1-7-8(5-14-17-7)11(16)15(2)10-3-4-13-6-9(10)12/h3-6H,12H2,1-2H3. The number of nitrogens with two attached hydrogens (primary N) is 1. The van der Waals surface area contributed by atoms with Crippen molar-refractivity contribution in [1.29, 1.82) is 0 Å². The first-order valence-corrected chi connectivity index (χ1v) is 5.00. The number of nitrogen functional groups attached to an aromatic ring is 1. The molecule has 88 valence electrons. The van der Waals surface area contributed by atoms with Gasteiger partial charge in [0.15, 0.2) is 0 Å². The molecular weight excluding hydrogens is 220 g/mol. The van der Waals surface area contributed by atoms with Crippen molar-refractivity contribution in [2.24, 2.45) is 0 Å². The Hall–Kier alpha value is -2.37. The van der Waals surface area contributed by atoms with Gasteiger partial charge in [-0.3, -0.25) is 9.78 Å². The van der Waals surface area contributed by atoms with E-state index in [-0.39, 0.29) is 5.91 Å². The molecule has 0 radical (unpaired) electrons. The summed E-state index contributed by atoms with van der Waals surface area (Å²) in [4.78, 5) is 17.4. The number of hydrogen-bond acceptors (Lipinski definition) is 5. The van der Waals surface area contributed by atoms with Crippen molar-refractivity contribution in [3.05, 3.63) is 36.0 Å². The van der Waals surface area contributed by atoms with E-state index in [4.69, 9.17) is 10.3 Å². The maximum atomic E-state index is 12.1. The van der Waals surface area contributed by atoms with Crippen LogP contribution in [0, 0.1) is 6.92 Å². The predicted molar refractivity (Wildman–Crippen MR) is 62.6 cm³/mol. The first-order chi connectivity index (χ1) is 8.11. The van der Waals surface area contributed by atoms with Gasteiger partial charge in [0.2, 0.25) is 0 Å². The number of hydrogen-bond donors (Lipinski definition) is 1. The average Bonchev–Trinajstić information content (AvgIpc) is 2.74. The van der Waals surface area contributed by atoms with Crippen LogP contribution in [0.5, 0.6) is 0 Å². The number of aromatic nitrogens is 2. The number of aryl methyl sites for hydroxylation is 1. The zero-order valence-corrected chi connectivity index (χ0v) is 9.54. The van der Waals surface area contributed by atoms with Gasteiger partial charge < -0.3 is 15.2 Å². The van der Waals surface area contributed by atoms with Crippen LogP contribution in [0.3, 0.4) is 0 Å². The summed E-state index contributed by atoms with van der Waals surface area (Å²) in [6, 6.07) is 1.68. The molecule has 2 N–H and O–H groups in total. The van der Waals surface area contributed by atoms with Gasteiger partial charge in [-0.1, -0.05) is 5.16 Å². The summed E-state index contributed by atoms with van der Waals surface area (Å²) in [5.74, 6) is 0.260. The molecule has 0 unspecified atom stereocenters. The Bertz CT molecular complexity index is 550.